The molecule has 0 rings (SSSR count). The largest absolute Gasteiger partial charge is 0.305 e. The molecule has 0 amide bonds. The minimum atomic E-state index is 0.606. The van der Waals surface area contributed by atoms with Crippen LogP contribution in [-0.2, 0) is 0 Å². The molecule has 58 valence electrons. The average Bonchev–Trinajstić information content (AvgIpc) is 1.82. The summed E-state index contributed by atoms with van der Waals surface area (Å²) in [6, 6.07) is 0. The Labute approximate surface area is 63.7 Å². The van der Waals surface area contributed by atoms with Gasteiger partial charge in [-0.2, -0.15) is 0 Å². The third kappa shape index (κ3) is 5.54. The van der Waals surface area contributed by atoms with Gasteiger partial charge in [-0.05, 0) is 24.8 Å². The molecule has 0 unspecified atom stereocenters. The van der Waals surface area contributed by atoms with Crippen molar-refractivity contribution in [2.24, 2.45) is 5.92 Å². The lowest BCUT2D eigenvalue weighted by Gasteiger charge is -2.00. The van der Waals surface area contributed by atoms with Crippen LogP contribution in [-0.4, -0.2) is 5.71 Å². The molecule has 0 aliphatic heterocycles. The Kier molecular flexibility index (Phi) is 4.91. The Bertz CT molecular complexity index is 123. The van der Waals surface area contributed by atoms with E-state index in [1.807, 2.05) is 12.2 Å². The summed E-state index contributed by atoms with van der Waals surface area (Å²) in [6.45, 7) is 6.35. The highest BCUT2D eigenvalue weighted by Gasteiger charge is 1.95. The van der Waals surface area contributed by atoms with Gasteiger partial charge in [-0.25, -0.2) is 0 Å². The zero-order valence-corrected chi connectivity index (χ0v) is 7.15. The smallest absolute Gasteiger partial charge is 0.0313 e. The molecule has 0 aromatic carbocycles. The highest BCUT2D eigenvalue weighted by atomic mass is 14.4. The van der Waals surface area contributed by atoms with E-state index in [0.29, 0.717) is 5.92 Å². The summed E-state index contributed by atoms with van der Waals surface area (Å²) in [5, 5.41) is 7.44. The molecule has 0 heterocycles. The average molecular weight is 139 g/mol. The van der Waals surface area contributed by atoms with Gasteiger partial charge in [0.25, 0.3) is 0 Å². The van der Waals surface area contributed by atoms with Gasteiger partial charge in [-0.15, -0.1) is 0 Å². The molecule has 0 saturated carbocycles. The molecule has 0 aliphatic rings. The van der Waals surface area contributed by atoms with Crippen LogP contribution in [0.4, 0.5) is 0 Å². The third-order valence-corrected chi connectivity index (χ3v) is 1.18. The van der Waals surface area contributed by atoms with Gasteiger partial charge in [0, 0.05) is 5.71 Å². The maximum Gasteiger partial charge on any atom is 0.0313 e. The lowest BCUT2D eigenvalue weighted by Crippen LogP contribution is -1.97. The molecule has 0 saturated heterocycles. The van der Waals surface area contributed by atoms with E-state index in [2.05, 4.69) is 20.8 Å². The summed E-state index contributed by atoms with van der Waals surface area (Å²) >= 11 is 0. The first-order chi connectivity index (χ1) is 4.66. The van der Waals surface area contributed by atoms with Crippen molar-refractivity contribution < 1.29 is 0 Å². The fourth-order valence-electron chi connectivity index (χ4n) is 0.768. The summed E-state index contributed by atoms with van der Waals surface area (Å²) in [5.41, 5.74) is 0.747. The van der Waals surface area contributed by atoms with E-state index in [1.165, 1.54) is 0 Å². The van der Waals surface area contributed by atoms with Gasteiger partial charge in [-0.1, -0.05) is 26.8 Å². The minimum absolute atomic E-state index is 0.606. The van der Waals surface area contributed by atoms with Crippen LogP contribution < -0.4 is 0 Å². The molecule has 0 aromatic heterocycles. The lowest BCUT2D eigenvalue weighted by molar-refractivity contribution is 0.683. The van der Waals surface area contributed by atoms with Crippen LogP contribution in [0.15, 0.2) is 12.2 Å². The zero-order valence-electron chi connectivity index (χ0n) is 7.15. The summed E-state index contributed by atoms with van der Waals surface area (Å²) in [6.07, 6.45) is 5.86. The zero-order chi connectivity index (χ0) is 7.98. The van der Waals surface area contributed by atoms with E-state index >= 15 is 0 Å². The normalized spacial score (nSPS) is 11.2. The monoisotopic (exact) mass is 139 g/mol. The van der Waals surface area contributed by atoms with E-state index in [-0.39, 0.29) is 0 Å². The van der Waals surface area contributed by atoms with Crippen LogP contribution in [0.25, 0.3) is 0 Å². The van der Waals surface area contributed by atoms with Crippen molar-refractivity contribution in [3.63, 3.8) is 0 Å². The van der Waals surface area contributed by atoms with Crippen molar-refractivity contribution in [3.8, 4) is 0 Å². The molecule has 0 spiro atoms. The highest BCUT2D eigenvalue weighted by Crippen LogP contribution is 2.00. The van der Waals surface area contributed by atoms with Gasteiger partial charge in [0.2, 0.25) is 0 Å². The fraction of sp³-hybridized carbons (Fsp3) is 0.667. The molecule has 0 bridgehead atoms. The Balaban J connectivity index is 3.54. The van der Waals surface area contributed by atoms with Crippen molar-refractivity contribution in [1.82, 2.24) is 0 Å². The van der Waals surface area contributed by atoms with Crippen LogP contribution in [0.3, 0.4) is 0 Å². The van der Waals surface area contributed by atoms with Gasteiger partial charge in [0.15, 0.2) is 0 Å². The molecule has 0 aliphatic carbocycles. The van der Waals surface area contributed by atoms with Crippen LogP contribution in [0.5, 0.6) is 0 Å². The number of nitrogens with one attached hydrogen (secondary N) is 1. The van der Waals surface area contributed by atoms with Crippen molar-refractivity contribution >= 4 is 5.71 Å². The Morgan fingerprint density at radius 1 is 1.50 bits per heavy atom. The maximum atomic E-state index is 7.44. The minimum Gasteiger partial charge on any atom is -0.305 e. The quantitative estimate of drug-likeness (QED) is 0.579. The van der Waals surface area contributed by atoms with Crippen molar-refractivity contribution in [2.45, 2.75) is 33.6 Å². The number of hydrogen-bond donors (Lipinski definition) is 1. The standard InChI is InChI=1S/C9H17N/c1-4-5-6-9(10)7-8(2)3/h5-6,8,10H,4,7H2,1-3H3. The first-order valence-electron chi connectivity index (χ1n) is 3.90. The molecule has 1 N–H and O–H groups in total. The van der Waals surface area contributed by atoms with Crippen LogP contribution in [0.1, 0.15) is 33.6 Å². The fourth-order valence-corrected chi connectivity index (χ4v) is 0.768. The van der Waals surface area contributed by atoms with E-state index in [0.717, 1.165) is 18.6 Å². The second-order valence-corrected chi connectivity index (χ2v) is 2.93. The Morgan fingerprint density at radius 2 is 2.10 bits per heavy atom. The van der Waals surface area contributed by atoms with Crippen molar-refractivity contribution in [3.05, 3.63) is 12.2 Å². The summed E-state index contributed by atoms with van der Waals surface area (Å²) in [4.78, 5) is 0. The predicted octanol–water partition coefficient (Wildman–Crippen LogP) is 3.02. The van der Waals surface area contributed by atoms with E-state index in [1.54, 1.807) is 0 Å². The van der Waals surface area contributed by atoms with Gasteiger partial charge in [-0.3, -0.25) is 0 Å². The summed E-state index contributed by atoms with van der Waals surface area (Å²) < 4.78 is 0. The van der Waals surface area contributed by atoms with Gasteiger partial charge >= 0.3 is 0 Å². The molecule has 0 fully saturated rings. The Morgan fingerprint density at radius 3 is 2.50 bits per heavy atom. The summed E-state index contributed by atoms with van der Waals surface area (Å²) in [7, 11) is 0. The topological polar surface area (TPSA) is 23.9 Å². The van der Waals surface area contributed by atoms with Gasteiger partial charge in [0.1, 0.15) is 0 Å². The summed E-state index contributed by atoms with van der Waals surface area (Å²) in [5.74, 6) is 0.606. The molecule has 0 atom stereocenters. The van der Waals surface area contributed by atoms with Crippen LogP contribution >= 0.6 is 0 Å². The molecule has 0 aromatic rings. The van der Waals surface area contributed by atoms with Gasteiger partial charge in [0.05, 0.1) is 0 Å². The van der Waals surface area contributed by atoms with E-state index < -0.39 is 0 Å². The van der Waals surface area contributed by atoms with Crippen molar-refractivity contribution in [1.29, 1.82) is 5.41 Å². The van der Waals surface area contributed by atoms with Crippen molar-refractivity contribution in [2.75, 3.05) is 0 Å². The Hall–Kier alpha value is -0.590. The second kappa shape index (κ2) is 5.21. The number of hydrogen-bond acceptors (Lipinski definition) is 1. The molecular weight excluding hydrogens is 122 g/mol. The van der Waals surface area contributed by atoms with E-state index in [4.69, 9.17) is 5.41 Å². The maximum absolute atomic E-state index is 7.44. The van der Waals surface area contributed by atoms with Gasteiger partial charge < -0.3 is 5.41 Å². The molecule has 1 heteroatoms. The highest BCUT2D eigenvalue weighted by molar-refractivity contribution is 5.92. The molecule has 10 heavy (non-hydrogen) atoms. The van der Waals surface area contributed by atoms with Crippen LogP contribution in [0.2, 0.25) is 0 Å². The molecule has 1 nitrogen and oxygen atoms in total. The number of rotatable bonds is 4. The number of allylic oxidation sites excluding steroid dienone is 2. The van der Waals surface area contributed by atoms with E-state index in [9.17, 15) is 0 Å². The second-order valence-electron chi connectivity index (χ2n) is 2.93. The predicted molar refractivity (Wildman–Crippen MR) is 46.6 cm³/mol. The molecular formula is C9H17N. The first-order valence-corrected chi connectivity index (χ1v) is 3.90. The molecule has 0 radical (unpaired) electrons. The first kappa shape index (κ1) is 9.41. The third-order valence-electron chi connectivity index (χ3n) is 1.18. The lowest BCUT2D eigenvalue weighted by atomic mass is 10.1. The SMILES string of the molecule is CCC=CC(=N)CC(C)C. The van der Waals surface area contributed by atoms with Crippen LogP contribution in [0, 0.1) is 11.3 Å².